The first-order valence-corrected chi connectivity index (χ1v) is 6.08. The van der Waals surface area contributed by atoms with Crippen LogP contribution in [-0.4, -0.2) is 18.5 Å². The Balaban J connectivity index is 2.44. The van der Waals surface area contributed by atoms with E-state index in [1.807, 2.05) is 0 Å². The Kier molecular flexibility index (Phi) is 4.39. The lowest BCUT2D eigenvalue weighted by atomic mass is 10.1. The standard InChI is InChI=1S/C14H9F6NO2/c1-22-12-10(5-6-11(21-12)13(15,16)17)8-3-2-4-9(7-8)23-14(18,19)20/h2-7H,1H3. The third-order valence-electron chi connectivity index (χ3n) is 2.72. The molecule has 1 heterocycles. The van der Waals surface area contributed by atoms with E-state index in [9.17, 15) is 26.3 Å². The summed E-state index contributed by atoms with van der Waals surface area (Å²) in [6.07, 6.45) is -9.53. The van der Waals surface area contributed by atoms with Crippen LogP contribution in [0, 0.1) is 0 Å². The van der Waals surface area contributed by atoms with Crippen molar-refractivity contribution in [2.24, 2.45) is 0 Å². The number of halogens is 6. The Hall–Kier alpha value is -2.45. The van der Waals surface area contributed by atoms with E-state index in [1.165, 1.54) is 12.1 Å². The van der Waals surface area contributed by atoms with Gasteiger partial charge in [0.15, 0.2) is 0 Å². The second kappa shape index (κ2) is 5.98. The van der Waals surface area contributed by atoms with Gasteiger partial charge in [0.2, 0.25) is 5.88 Å². The molecule has 23 heavy (non-hydrogen) atoms. The number of aromatic nitrogens is 1. The molecule has 2 aromatic rings. The van der Waals surface area contributed by atoms with Gasteiger partial charge < -0.3 is 9.47 Å². The molecule has 0 saturated carbocycles. The Labute approximate surface area is 126 Å². The molecule has 0 aliphatic carbocycles. The normalized spacial score (nSPS) is 12.1. The maximum atomic E-state index is 12.6. The molecule has 0 atom stereocenters. The summed E-state index contributed by atoms with van der Waals surface area (Å²) < 4.78 is 83.1. The topological polar surface area (TPSA) is 31.4 Å². The highest BCUT2D eigenvalue weighted by atomic mass is 19.4. The lowest BCUT2D eigenvalue weighted by Gasteiger charge is -2.13. The Morgan fingerprint density at radius 1 is 0.957 bits per heavy atom. The van der Waals surface area contributed by atoms with Crippen LogP contribution in [0.2, 0.25) is 0 Å². The van der Waals surface area contributed by atoms with Crippen LogP contribution in [0.5, 0.6) is 11.6 Å². The summed E-state index contributed by atoms with van der Waals surface area (Å²) in [7, 11) is 1.11. The van der Waals surface area contributed by atoms with E-state index >= 15 is 0 Å². The van der Waals surface area contributed by atoms with Crippen molar-refractivity contribution in [3.63, 3.8) is 0 Å². The van der Waals surface area contributed by atoms with Crippen LogP contribution in [0.1, 0.15) is 5.69 Å². The van der Waals surface area contributed by atoms with Gasteiger partial charge in [0.25, 0.3) is 0 Å². The molecule has 1 aromatic heterocycles. The molecule has 3 nitrogen and oxygen atoms in total. The van der Waals surface area contributed by atoms with Crippen molar-refractivity contribution in [3.8, 4) is 22.8 Å². The largest absolute Gasteiger partial charge is 0.573 e. The molecule has 0 fully saturated rings. The van der Waals surface area contributed by atoms with Gasteiger partial charge in [0.05, 0.1) is 7.11 Å². The lowest BCUT2D eigenvalue weighted by molar-refractivity contribution is -0.274. The molecule has 124 valence electrons. The number of hydrogen-bond donors (Lipinski definition) is 0. The first-order chi connectivity index (χ1) is 10.6. The van der Waals surface area contributed by atoms with Crippen molar-refractivity contribution in [2.75, 3.05) is 7.11 Å². The fraction of sp³-hybridized carbons (Fsp3) is 0.214. The Morgan fingerprint density at radius 2 is 1.65 bits per heavy atom. The molecule has 0 aliphatic heterocycles. The van der Waals surface area contributed by atoms with Crippen LogP contribution in [-0.2, 0) is 6.18 Å². The van der Waals surface area contributed by atoms with Crippen LogP contribution < -0.4 is 9.47 Å². The van der Waals surface area contributed by atoms with Crippen molar-refractivity contribution in [3.05, 3.63) is 42.1 Å². The smallest absolute Gasteiger partial charge is 0.481 e. The number of ether oxygens (including phenoxy) is 2. The van der Waals surface area contributed by atoms with Gasteiger partial charge in [-0.2, -0.15) is 13.2 Å². The Bertz CT molecular complexity index is 696. The summed E-state index contributed by atoms with van der Waals surface area (Å²) in [6.45, 7) is 0. The van der Waals surface area contributed by atoms with Gasteiger partial charge in [0.1, 0.15) is 11.4 Å². The summed E-state index contributed by atoms with van der Waals surface area (Å²) in [5, 5.41) is 0. The van der Waals surface area contributed by atoms with Gasteiger partial charge in [-0.1, -0.05) is 12.1 Å². The molecule has 0 amide bonds. The highest BCUT2D eigenvalue weighted by Gasteiger charge is 2.34. The zero-order chi connectivity index (χ0) is 17.3. The van der Waals surface area contributed by atoms with Crippen molar-refractivity contribution < 1.29 is 35.8 Å². The zero-order valence-electron chi connectivity index (χ0n) is 11.5. The fourth-order valence-corrected chi connectivity index (χ4v) is 1.83. The number of rotatable bonds is 3. The summed E-state index contributed by atoms with van der Waals surface area (Å²) in [5.74, 6) is -0.860. The van der Waals surface area contributed by atoms with Gasteiger partial charge in [-0.3, -0.25) is 0 Å². The van der Waals surface area contributed by atoms with E-state index in [4.69, 9.17) is 4.74 Å². The number of alkyl halides is 6. The average Bonchev–Trinajstić information content (AvgIpc) is 2.44. The molecular formula is C14H9F6NO2. The van der Waals surface area contributed by atoms with E-state index in [1.54, 1.807) is 0 Å². The predicted octanol–water partition coefficient (Wildman–Crippen LogP) is 4.67. The molecule has 0 saturated heterocycles. The van der Waals surface area contributed by atoms with Gasteiger partial charge in [0, 0.05) is 5.56 Å². The molecule has 0 N–H and O–H groups in total. The first kappa shape index (κ1) is 16.9. The molecular weight excluding hydrogens is 328 g/mol. The lowest BCUT2D eigenvalue weighted by Crippen LogP contribution is -2.17. The molecule has 2 rings (SSSR count). The maximum absolute atomic E-state index is 12.6. The number of nitrogens with zero attached hydrogens (tertiary/aromatic N) is 1. The molecule has 0 spiro atoms. The minimum absolute atomic E-state index is 0.105. The fourth-order valence-electron chi connectivity index (χ4n) is 1.83. The van der Waals surface area contributed by atoms with Crippen molar-refractivity contribution in [2.45, 2.75) is 12.5 Å². The SMILES string of the molecule is COc1nc(C(F)(F)F)ccc1-c1cccc(OC(F)(F)F)c1. The third kappa shape index (κ3) is 4.27. The third-order valence-corrected chi connectivity index (χ3v) is 2.72. The van der Waals surface area contributed by atoms with E-state index in [0.29, 0.717) is 0 Å². The van der Waals surface area contributed by atoms with Gasteiger partial charge in [-0.15, -0.1) is 13.2 Å². The maximum Gasteiger partial charge on any atom is 0.573 e. The van der Waals surface area contributed by atoms with E-state index in [-0.39, 0.29) is 17.0 Å². The number of pyridine rings is 1. The zero-order valence-corrected chi connectivity index (χ0v) is 11.5. The van der Waals surface area contributed by atoms with Crippen molar-refractivity contribution in [1.29, 1.82) is 0 Å². The van der Waals surface area contributed by atoms with Crippen molar-refractivity contribution >= 4 is 0 Å². The summed E-state index contributed by atoms with van der Waals surface area (Å²) >= 11 is 0. The van der Waals surface area contributed by atoms with Crippen LogP contribution in [0.25, 0.3) is 11.1 Å². The second-order valence-corrected chi connectivity index (χ2v) is 4.33. The van der Waals surface area contributed by atoms with Gasteiger partial charge in [-0.25, -0.2) is 4.98 Å². The van der Waals surface area contributed by atoms with Gasteiger partial charge >= 0.3 is 12.5 Å². The van der Waals surface area contributed by atoms with Crippen LogP contribution in [0.15, 0.2) is 36.4 Å². The molecule has 0 radical (unpaired) electrons. The first-order valence-electron chi connectivity index (χ1n) is 6.08. The molecule has 9 heteroatoms. The minimum atomic E-state index is -4.87. The number of benzene rings is 1. The highest BCUT2D eigenvalue weighted by molar-refractivity contribution is 5.70. The molecule has 0 aliphatic rings. The van der Waals surface area contributed by atoms with Gasteiger partial charge in [-0.05, 0) is 29.8 Å². The minimum Gasteiger partial charge on any atom is -0.481 e. The van der Waals surface area contributed by atoms with Crippen LogP contribution >= 0.6 is 0 Å². The predicted molar refractivity (Wildman–Crippen MR) is 67.9 cm³/mol. The number of methoxy groups -OCH3 is 1. The molecule has 0 unspecified atom stereocenters. The van der Waals surface area contributed by atoms with Crippen LogP contribution in [0.4, 0.5) is 26.3 Å². The summed E-state index contributed by atoms with van der Waals surface area (Å²) in [6, 6.07) is 6.56. The van der Waals surface area contributed by atoms with Crippen molar-refractivity contribution in [1.82, 2.24) is 4.98 Å². The summed E-state index contributed by atoms with van der Waals surface area (Å²) in [4.78, 5) is 3.33. The molecule has 1 aromatic carbocycles. The van der Waals surface area contributed by atoms with E-state index in [0.717, 1.165) is 31.4 Å². The van der Waals surface area contributed by atoms with E-state index < -0.39 is 24.0 Å². The number of hydrogen-bond acceptors (Lipinski definition) is 3. The summed E-state index contributed by atoms with van der Waals surface area (Å²) in [5.41, 5.74) is -0.890. The monoisotopic (exact) mass is 337 g/mol. The molecule has 0 bridgehead atoms. The second-order valence-electron chi connectivity index (χ2n) is 4.33. The highest BCUT2D eigenvalue weighted by Crippen LogP contribution is 2.35. The average molecular weight is 337 g/mol. The van der Waals surface area contributed by atoms with E-state index in [2.05, 4.69) is 9.72 Å². The Morgan fingerprint density at radius 3 is 2.22 bits per heavy atom. The quantitative estimate of drug-likeness (QED) is 0.763. The van der Waals surface area contributed by atoms with Crippen LogP contribution in [0.3, 0.4) is 0 Å².